The van der Waals surface area contributed by atoms with Crippen molar-refractivity contribution < 1.29 is 14.6 Å². The summed E-state index contributed by atoms with van der Waals surface area (Å²) in [4.78, 5) is 12.0. The normalized spacial score (nSPS) is 20.8. The predicted octanol–water partition coefficient (Wildman–Crippen LogP) is 2.46. The number of hydrogen-bond acceptors (Lipinski definition) is 3. The molecule has 1 aliphatic rings. The van der Waals surface area contributed by atoms with Gasteiger partial charge in [-0.05, 0) is 33.1 Å². The first kappa shape index (κ1) is 13.7. The van der Waals surface area contributed by atoms with Gasteiger partial charge in [0.2, 0.25) is 0 Å². The van der Waals surface area contributed by atoms with Gasteiger partial charge in [-0.2, -0.15) is 0 Å². The molecular formula is C13H24O3. The minimum absolute atomic E-state index is 0.00248. The Bertz CT molecular complexity index is 240. The van der Waals surface area contributed by atoms with E-state index in [9.17, 15) is 9.90 Å². The number of Topliss-reactive ketones (excluding diaryl/α,β-unsaturated/α-hetero) is 1. The van der Waals surface area contributed by atoms with E-state index in [1.54, 1.807) is 7.11 Å². The Labute approximate surface area is 98.2 Å². The maximum absolute atomic E-state index is 12.0. The molecule has 94 valence electrons. The van der Waals surface area contributed by atoms with Crippen molar-refractivity contribution in [3.05, 3.63) is 0 Å². The average Bonchev–Trinajstić information content (AvgIpc) is 2.27. The van der Waals surface area contributed by atoms with Crippen LogP contribution in [0.1, 0.15) is 58.8 Å². The van der Waals surface area contributed by atoms with Gasteiger partial charge in [0.15, 0.2) is 5.78 Å². The fourth-order valence-corrected chi connectivity index (χ4v) is 2.16. The molecule has 0 aromatic heterocycles. The smallest absolute Gasteiger partial charge is 0.164 e. The van der Waals surface area contributed by atoms with Crippen LogP contribution in [-0.4, -0.2) is 29.2 Å². The summed E-state index contributed by atoms with van der Waals surface area (Å²) in [5.41, 5.74) is -1.32. The van der Waals surface area contributed by atoms with Gasteiger partial charge in [-0.25, -0.2) is 0 Å². The Morgan fingerprint density at radius 1 is 1.31 bits per heavy atom. The van der Waals surface area contributed by atoms with E-state index in [2.05, 4.69) is 0 Å². The molecule has 0 atom stereocenters. The highest BCUT2D eigenvalue weighted by atomic mass is 16.5. The van der Waals surface area contributed by atoms with Crippen molar-refractivity contribution >= 4 is 5.78 Å². The second kappa shape index (κ2) is 5.28. The largest absolute Gasteiger partial charge is 0.382 e. The lowest BCUT2D eigenvalue weighted by molar-refractivity contribution is -0.141. The third-order valence-electron chi connectivity index (χ3n) is 3.71. The summed E-state index contributed by atoms with van der Waals surface area (Å²) in [6.07, 6.45) is 5.44. The highest BCUT2D eigenvalue weighted by Gasteiger charge is 2.36. The number of ketones is 1. The van der Waals surface area contributed by atoms with Gasteiger partial charge in [0.05, 0.1) is 5.60 Å². The van der Waals surface area contributed by atoms with Crippen LogP contribution in [0.5, 0.6) is 0 Å². The lowest BCUT2D eigenvalue weighted by atomic mass is 9.79. The molecule has 1 aliphatic carbocycles. The van der Waals surface area contributed by atoms with Crippen molar-refractivity contribution in [3.8, 4) is 0 Å². The first-order valence-electron chi connectivity index (χ1n) is 6.20. The van der Waals surface area contributed by atoms with E-state index in [0.29, 0.717) is 25.7 Å². The average molecular weight is 228 g/mol. The fourth-order valence-electron chi connectivity index (χ4n) is 2.16. The van der Waals surface area contributed by atoms with E-state index in [1.807, 2.05) is 13.8 Å². The van der Waals surface area contributed by atoms with Gasteiger partial charge in [0.1, 0.15) is 5.60 Å². The van der Waals surface area contributed by atoms with Crippen LogP contribution in [0.15, 0.2) is 0 Å². The molecular weight excluding hydrogens is 204 g/mol. The summed E-state index contributed by atoms with van der Waals surface area (Å²) >= 11 is 0. The van der Waals surface area contributed by atoms with Crippen LogP contribution in [0.4, 0.5) is 0 Å². The van der Waals surface area contributed by atoms with Crippen molar-refractivity contribution in [1.82, 2.24) is 0 Å². The molecule has 0 amide bonds. The third kappa shape index (κ3) is 3.56. The van der Waals surface area contributed by atoms with E-state index in [1.165, 1.54) is 0 Å². The fraction of sp³-hybridized carbons (Fsp3) is 0.923. The lowest BCUT2D eigenvalue weighted by Gasteiger charge is -2.31. The van der Waals surface area contributed by atoms with Crippen molar-refractivity contribution in [1.29, 1.82) is 0 Å². The van der Waals surface area contributed by atoms with Crippen molar-refractivity contribution in [3.63, 3.8) is 0 Å². The topological polar surface area (TPSA) is 46.5 Å². The van der Waals surface area contributed by atoms with Crippen LogP contribution >= 0.6 is 0 Å². The SMILES string of the molecule is COC(C)(C)CCC(=O)C1(O)CCCCC1. The summed E-state index contributed by atoms with van der Waals surface area (Å²) < 4.78 is 5.27. The van der Waals surface area contributed by atoms with Crippen LogP contribution in [0.2, 0.25) is 0 Å². The molecule has 1 rings (SSSR count). The minimum Gasteiger partial charge on any atom is -0.382 e. The number of aliphatic hydroxyl groups is 1. The number of rotatable bonds is 5. The first-order chi connectivity index (χ1) is 7.40. The first-order valence-corrected chi connectivity index (χ1v) is 6.20. The summed E-state index contributed by atoms with van der Waals surface area (Å²) in [5, 5.41) is 10.2. The van der Waals surface area contributed by atoms with E-state index >= 15 is 0 Å². The molecule has 1 N–H and O–H groups in total. The highest BCUT2D eigenvalue weighted by molar-refractivity contribution is 5.87. The quantitative estimate of drug-likeness (QED) is 0.786. The standard InChI is InChI=1S/C13H24O3/c1-12(2,16-3)10-7-11(14)13(15)8-5-4-6-9-13/h15H,4-10H2,1-3H3. The molecule has 0 saturated heterocycles. The molecule has 0 aliphatic heterocycles. The van der Waals surface area contributed by atoms with Crippen molar-refractivity contribution in [2.24, 2.45) is 0 Å². The minimum atomic E-state index is -1.04. The monoisotopic (exact) mass is 228 g/mol. The Balaban J connectivity index is 2.45. The second-order valence-electron chi connectivity index (χ2n) is 5.48. The van der Waals surface area contributed by atoms with Crippen LogP contribution in [0.25, 0.3) is 0 Å². The van der Waals surface area contributed by atoms with Gasteiger partial charge in [-0.3, -0.25) is 4.79 Å². The number of ether oxygens (including phenoxy) is 1. The maximum Gasteiger partial charge on any atom is 0.164 e. The van der Waals surface area contributed by atoms with E-state index in [0.717, 1.165) is 19.3 Å². The van der Waals surface area contributed by atoms with Crippen LogP contribution in [-0.2, 0) is 9.53 Å². The van der Waals surface area contributed by atoms with Gasteiger partial charge in [-0.15, -0.1) is 0 Å². The number of carbonyl (C=O) groups excluding carboxylic acids is 1. The van der Waals surface area contributed by atoms with Gasteiger partial charge in [0.25, 0.3) is 0 Å². The Hall–Kier alpha value is -0.410. The molecule has 0 unspecified atom stereocenters. The van der Waals surface area contributed by atoms with Gasteiger partial charge in [0, 0.05) is 13.5 Å². The molecule has 0 aromatic rings. The highest BCUT2D eigenvalue weighted by Crippen LogP contribution is 2.31. The number of methoxy groups -OCH3 is 1. The Kier molecular flexibility index (Phi) is 4.51. The molecule has 16 heavy (non-hydrogen) atoms. The molecule has 0 radical (unpaired) electrons. The summed E-state index contributed by atoms with van der Waals surface area (Å²) in [6, 6.07) is 0. The molecule has 0 heterocycles. The molecule has 0 spiro atoms. The van der Waals surface area contributed by atoms with Gasteiger partial charge in [-0.1, -0.05) is 19.3 Å². The summed E-state index contributed by atoms with van der Waals surface area (Å²) in [5.74, 6) is -0.00248. The number of hydrogen-bond donors (Lipinski definition) is 1. The van der Waals surface area contributed by atoms with E-state index < -0.39 is 5.60 Å². The molecule has 0 aromatic carbocycles. The Morgan fingerprint density at radius 2 is 1.88 bits per heavy atom. The molecule has 1 fully saturated rings. The maximum atomic E-state index is 12.0. The van der Waals surface area contributed by atoms with Gasteiger partial charge < -0.3 is 9.84 Å². The molecule has 1 saturated carbocycles. The predicted molar refractivity (Wildman–Crippen MR) is 63.4 cm³/mol. The lowest BCUT2D eigenvalue weighted by Crippen LogP contribution is -2.41. The van der Waals surface area contributed by atoms with Gasteiger partial charge >= 0.3 is 0 Å². The zero-order chi connectivity index (χ0) is 12.2. The van der Waals surface area contributed by atoms with Crippen molar-refractivity contribution in [2.45, 2.75) is 70.0 Å². The zero-order valence-electron chi connectivity index (χ0n) is 10.7. The molecule has 0 bridgehead atoms. The second-order valence-corrected chi connectivity index (χ2v) is 5.48. The summed E-state index contributed by atoms with van der Waals surface area (Å²) in [6.45, 7) is 3.93. The van der Waals surface area contributed by atoms with Crippen LogP contribution < -0.4 is 0 Å². The summed E-state index contributed by atoms with van der Waals surface area (Å²) in [7, 11) is 1.65. The molecule has 3 nitrogen and oxygen atoms in total. The van der Waals surface area contributed by atoms with E-state index in [4.69, 9.17) is 4.74 Å². The Morgan fingerprint density at radius 3 is 2.38 bits per heavy atom. The van der Waals surface area contributed by atoms with Crippen LogP contribution in [0, 0.1) is 0 Å². The third-order valence-corrected chi connectivity index (χ3v) is 3.71. The van der Waals surface area contributed by atoms with Crippen LogP contribution in [0.3, 0.4) is 0 Å². The number of carbonyl (C=O) groups is 1. The molecule has 3 heteroatoms. The van der Waals surface area contributed by atoms with Crippen molar-refractivity contribution in [2.75, 3.05) is 7.11 Å². The zero-order valence-corrected chi connectivity index (χ0v) is 10.7. The van der Waals surface area contributed by atoms with E-state index in [-0.39, 0.29) is 11.4 Å².